The summed E-state index contributed by atoms with van der Waals surface area (Å²) in [6.45, 7) is 4.10. The molecular weight excluding hydrogens is 240 g/mol. The maximum Gasteiger partial charge on any atom is 0.123 e. The second-order valence-electron chi connectivity index (χ2n) is 5.43. The molecule has 1 aliphatic heterocycles. The third-order valence-corrected chi connectivity index (χ3v) is 4.08. The van der Waals surface area contributed by atoms with Crippen molar-refractivity contribution in [2.75, 3.05) is 20.7 Å². The van der Waals surface area contributed by atoms with E-state index in [0.717, 1.165) is 24.9 Å². The highest BCUT2D eigenvalue weighted by atomic mass is 16.5. The van der Waals surface area contributed by atoms with Gasteiger partial charge in [-0.2, -0.15) is 0 Å². The van der Waals surface area contributed by atoms with E-state index in [9.17, 15) is 5.11 Å². The van der Waals surface area contributed by atoms with Crippen molar-refractivity contribution >= 4 is 0 Å². The molecule has 0 saturated carbocycles. The quantitative estimate of drug-likeness (QED) is 0.873. The van der Waals surface area contributed by atoms with Crippen molar-refractivity contribution in [3.05, 3.63) is 23.8 Å². The number of likely N-dealkylation sites (tertiary alicyclic amines) is 1. The minimum absolute atomic E-state index is 0.299. The zero-order valence-corrected chi connectivity index (χ0v) is 12.0. The van der Waals surface area contributed by atoms with E-state index in [2.05, 4.69) is 24.2 Å². The van der Waals surface area contributed by atoms with Gasteiger partial charge in [0.25, 0.3) is 0 Å². The van der Waals surface area contributed by atoms with E-state index in [-0.39, 0.29) is 0 Å². The summed E-state index contributed by atoms with van der Waals surface area (Å²) in [6.07, 6.45) is 2.32. The van der Waals surface area contributed by atoms with Crippen LogP contribution in [-0.4, -0.2) is 42.8 Å². The summed E-state index contributed by atoms with van der Waals surface area (Å²) in [5.74, 6) is 0.988. The molecule has 2 atom stereocenters. The minimum atomic E-state index is 0.299. The van der Waals surface area contributed by atoms with E-state index < -0.39 is 0 Å². The topological polar surface area (TPSA) is 44.7 Å². The number of rotatable bonds is 4. The summed E-state index contributed by atoms with van der Waals surface area (Å²) in [5, 5.41) is 13.5. The number of phenolic OH excluding ortho intramolecular Hbond substituents is 1. The molecule has 0 radical (unpaired) electrons. The van der Waals surface area contributed by atoms with Gasteiger partial charge in [0, 0.05) is 30.3 Å². The monoisotopic (exact) mass is 264 g/mol. The molecule has 19 heavy (non-hydrogen) atoms. The standard InChI is InChI=1S/C15H24N2O2/c1-11-8-13(6-7-17(11)2)16-10-12-4-5-14(19-3)9-15(12)18/h4-5,9,11,13,16,18H,6-8,10H2,1-3H3. The number of ether oxygens (including phenoxy) is 1. The molecule has 2 unspecified atom stereocenters. The second kappa shape index (κ2) is 6.26. The van der Waals surface area contributed by atoms with Crippen LogP contribution in [0.4, 0.5) is 0 Å². The molecule has 0 aliphatic carbocycles. The first-order chi connectivity index (χ1) is 9.10. The Labute approximate surface area is 115 Å². The number of phenols is 1. The van der Waals surface area contributed by atoms with Gasteiger partial charge < -0.3 is 20.1 Å². The van der Waals surface area contributed by atoms with E-state index in [1.54, 1.807) is 13.2 Å². The number of methoxy groups -OCH3 is 1. The zero-order chi connectivity index (χ0) is 13.8. The van der Waals surface area contributed by atoms with E-state index >= 15 is 0 Å². The Morgan fingerprint density at radius 1 is 1.47 bits per heavy atom. The van der Waals surface area contributed by atoms with Crippen molar-refractivity contribution in [3.63, 3.8) is 0 Å². The maximum atomic E-state index is 9.92. The number of hydrogen-bond acceptors (Lipinski definition) is 4. The fourth-order valence-corrected chi connectivity index (χ4v) is 2.55. The first-order valence-corrected chi connectivity index (χ1v) is 6.89. The van der Waals surface area contributed by atoms with Crippen LogP contribution in [0, 0.1) is 0 Å². The third-order valence-electron chi connectivity index (χ3n) is 4.08. The summed E-state index contributed by atoms with van der Waals surface area (Å²) < 4.78 is 5.08. The summed E-state index contributed by atoms with van der Waals surface area (Å²) in [5.41, 5.74) is 0.924. The number of benzene rings is 1. The van der Waals surface area contributed by atoms with Gasteiger partial charge in [-0.15, -0.1) is 0 Å². The van der Waals surface area contributed by atoms with Gasteiger partial charge in [-0.05, 0) is 39.4 Å². The number of piperidine rings is 1. The molecule has 0 amide bonds. The largest absolute Gasteiger partial charge is 0.507 e. The second-order valence-corrected chi connectivity index (χ2v) is 5.43. The van der Waals surface area contributed by atoms with Gasteiger partial charge in [-0.3, -0.25) is 0 Å². The maximum absolute atomic E-state index is 9.92. The molecule has 2 rings (SSSR count). The van der Waals surface area contributed by atoms with Gasteiger partial charge in [0.15, 0.2) is 0 Å². The predicted octanol–water partition coefficient (Wildman–Crippen LogP) is 1.97. The lowest BCUT2D eigenvalue weighted by molar-refractivity contribution is 0.168. The van der Waals surface area contributed by atoms with Crippen molar-refractivity contribution in [1.82, 2.24) is 10.2 Å². The van der Waals surface area contributed by atoms with E-state index in [1.165, 1.54) is 0 Å². The van der Waals surface area contributed by atoms with Crippen LogP contribution in [0.25, 0.3) is 0 Å². The first-order valence-electron chi connectivity index (χ1n) is 6.89. The van der Waals surface area contributed by atoms with Gasteiger partial charge in [-0.25, -0.2) is 0 Å². The van der Waals surface area contributed by atoms with Gasteiger partial charge in [-0.1, -0.05) is 6.07 Å². The Bertz CT molecular complexity index is 423. The molecule has 4 heteroatoms. The van der Waals surface area contributed by atoms with Gasteiger partial charge >= 0.3 is 0 Å². The van der Waals surface area contributed by atoms with Crippen LogP contribution in [0.15, 0.2) is 18.2 Å². The molecule has 0 bridgehead atoms. The molecule has 106 valence electrons. The molecule has 1 aromatic rings. The lowest BCUT2D eigenvalue weighted by Gasteiger charge is -2.35. The van der Waals surface area contributed by atoms with Gasteiger partial charge in [0.2, 0.25) is 0 Å². The summed E-state index contributed by atoms with van der Waals surface area (Å²) in [4.78, 5) is 2.39. The van der Waals surface area contributed by atoms with E-state index in [4.69, 9.17) is 4.74 Å². The Morgan fingerprint density at radius 3 is 2.89 bits per heavy atom. The zero-order valence-electron chi connectivity index (χ0n) is 12.0. The number of nitrogens with zero attached hydrogens (tertiary/aromatic N) is 1. The Morgan fingerprint density at radius 2 is 2.26 bits per heavy atom. The molecule has 0 spiro atoms. The third kappa shape index (κ3) is 3.61. The Hall–Kier alpha value is -1.26. The number of aromatic hydroxyl groups is 1. The van der Waals surface area contributed by atoms with Crippen molar-refractivity contribution in [2.45, 2.75) is 38.4 Å². The lowest BCUT2D eigenvalue weighted by atomic mass is 9.98. The van der Waals surface area contributed by atoms with Gasteiger partial charge in [0.1, 0.15) is 11.5 Å². The molecule has 1 heterocycles. The number of hydrogen-bond donors (Lipinski definition) is 2. The van der Waals surface area contributed by atoms with Crippen LogP contribution in [0.2, 0.25) is 0 Å². The SMILES string of the molecule is COc1ccc(CNC2CCN(C)C(C)C2)c(O)c1. The van der Waals surface area contributed by atoms with Gasteiger partial charge in [0.05, 0.1) is 7.11 Å². The number of nitrogens with one attached hydrogen (secondary N) is 1. The van der Waals surface area contributed by atoms with E-state index in [1.807, 2.05) is 12.1 Å². The van der Waals surface area contributed by atoms with Crippen molar-refractivity contribution in [3.8, 4) is 11.5 Å². The summed E-state index contributed by atoms with van der Waals surface area (Å²) in [7, 11) is 3.78. The molecule has 1 aliphatic rings. The lowest BCUT2D eigenvalue weighted by Crippen LogP contribution is -2.45. The Kier molecular flexibility index (Phi) is 4.66. The molecule has 1 saturated heterocycles. The van der Waals surface area contributed by atoms with Crippen LogP contribution in [0.1, 0.15) is 25.3 Å². The van der Waals surface area contributed by atoms with Crippen molar-refractivity contribution in [2.24, 2.45) is 0 Å². The normalized spacial score (nSPS) is 24.4. The van der Waals surface area contributed by atoms with E-state index in [0.29, 0.717) is 30.1 Å². The van der Waals surface area contributed by atoms with Crippen molar-refractivity contribution in [1.29, 1.82) is 0 Å². The summed E-state index contributed by atoms with van der Waals surface area (Å²) in [6, 6.07) is 6.62. The smallest absolute Gasteiger partial charge is 0.123 e. The Balaban J connectivity index is 1.88. The average molecular weight is 264 g/mol. The average Bonchev–Trinajstić information content (AvgIpc) is 2.41. The van der Waals surface area contributed by atoms with Crippen LogP contribution in [0.3, 0.4) is 0 Å². The van der Waals surface area contributed by atoms with Crippen LogP contribution < -0.4 is 10.1 Å². The molecule has 2 N–H and O–H groups in total. The van der Waals surface area contributed by atoms with Crippen molar-refractivity contribution < 1.29 is 9.84 Å². The highest BCUT2D eigenvalue weighted by Crippen LogP contribution is 2.24. The highest BCUT2D eigenvalue weighted by Gasteiger charge is 2.22. The highest BCUT2D eigenvalue weighted by molar-refractivity contribution is 5.39. The minimum Gasteiger partial charge on any atom is -0.507 e. The van der Waals surface area contributed by atoms with Crippen LogP contribution in [0.5, 0.6) is 11.5 Å². The predicted molar refractivity (Wildman–Crippen MR) is 76.6 cm³/mol. The van der Waals surface area contributed by atoms with Crippen LogP contribution >= 0.6 is 0 Å². The molecule has 4 nitrogen and oxygen atoms in total. The summed E-state index contributed by atoms with van der Waals surface area (Å²) >= 11 is 0. The molecule has 0 aromatic heterocycles. The fourth-order valence-electron chi connectivity index (χ4n) is 2.55. The molecule has 1 aromatic carbocycles. The molecular formula is C15H24N2O2. The fraction of sp³-hybridized carbons (Fsp3) is 0.600. The van der Waals surface area contributed by atoms with Crippen LogP contribution in [-0.2, 0) is 6.54 Å². The first kappa shape index (κ1) is 14.2. The molecule has 1 fully saturated rings.